The topological polar surface area (TPSA) is 9.23 Å². The maximum atomic E-state index is 5.91. The lowest BCUT2D eigenvalue weighted by Crippen LogP contribution is -2.05. The van der Waals surface area contributed by atoms with Crippen LogP contribution in [0.5, 0.6) is 0 Å². The summed E-state index contributed by atoms with van der Waals surface area (Å²) in [5, 5.41) is 0. The van der Waals surface area contributed by atoms with E-state index < -0.39 is 0 Å². The van der Waals surface area contributed by atoms with Gasteiger partial charge in [-0.05, 0) is 17.5 Å². The fraction of sp³-hybridized carbons (Fsp3) is 0.250. The van der Waals surface area contributed by atoms with Gasteiger partial charge in [-0.1, -0.05) is 60.7 Å². The largest absolute Gasteiger partial charge is 0.373 e. The van der Waals surface area contributed by atoms with Crippen LogP contribution in [0.25, 0.3) is 0 Å². The molecule has 1 heteroatoms. The van der Waals surface area contributed by atoms with Gasteiger partial charge in [-0.2, -0.15) is 0 Å². The molecular formula is C16H16O. The summed E-state index contributed by atoms with van der Waals surface area (Å²) >= 11 is 0. The van der Waals surface area contributed by atoms with Crippen molar-refractivity contribution in [2.45, 2.75) is 18.4 Å². The number of hydrogen-bond acceptors (Lipinski definition) is 1. The van der Waals surface area contributed by atoms with Crippen molar-refractivity contribution in [1.29, 1.82) is 0 Å². The first-order valence-electron chi connectivity index (χ1n) is 6.16. The summed E-state index contributed by atoms with van der Waals surface area (Å²) in [6, 6.07) is 21.2. The zero-order valence-corrected chi connectivity index (χ0v) is 9.75. The molecule has 0 radical (unpaired) electrons. The van der Waals surface area contributed by atoms with E-state index in [9.17, 15) is 0 Å². The van der Waals surface area contributed by atoms with Gasteiger partial charge in [0.15, 0.2) is 0 Å². The predicted molar refractivity (Wildman–Crippen MR) is 68.9 cm³/mol. The molecule has 1 saturated heterocycles. The lowest BCUT2D eigenvalue weighted by molar-refractivity contribution is 0.104. The highest BCUT2D eigenvalue weighted by Crippen LogP contribution is 2.41. The standard InChI is InChI=1S/C16H16O/c1-3-7-13(8-4-1)15-11-12-17-16(15)14-9-5-2-6-10-14/h1-10,15-16H,11-12H2/t15-,16+/m1/s1. The molecule has 1 aliphatic heterocycles. The Morgan fingerprint density at radius 1 is 0.765 bits per heavy atom. The second-order valence-corrected chi connectivity index (χ2v) is 4.51. The van der Waals surface area contributed by atoms with Crippen molar-refractivity contribution in [1.82, 2.24) is 0 Å². The van der Waals surface area contributed by atoms with Crippen molar-refractivity contribution in [3.05, 3.63) is 71.8 Å². The van der Waals surface area contributed by atoms with E-state index in [0.29, 0.717) is 5.92 Å². The van der Waals surface area contributed by atoms with E-state index in [-0.39, 0.29) is 6.10 Å². The van der Waals surface area contributed by atoms with Crippen molar-refractivity contribution in [2.75, 3.05) is 6.61 Å². The van der Waals surface area contributed by atoms with Gasteiger partial charge in [-0.25, -0.2) is 0 Å². The van der Waals surface area contributed by atoms with Gasteiger partial charge in [-0.3, -0.25) is 0 Å². The molecule has 0 aliphatic carbocycles. The Balaban J connectivity index is 1.91. The highest BCUT2D eigenvalue weighted by molar-refractivity contribution is 5.28. The Hall–Kier alpha value is -1.60. The minimum Gasteiger partial charge on any atom is -0.373 e. The first-order chi connectivity index (χ1) is 8.45. The maximum Gasteiger partial charge on any atom is 0.0894 e. The summed E-state index contributed by atoms with van der Waals surface area (Å²) in [5.41, 5.74) is 2.68. The molecule has 2 aromatic carbocycles. The first-order valence-corrected chi connectivity index (χ1v) is 6.16. The quantitative estimate of drug-likeness (QED) is 0.751. The van der Waals surface area contributed by atoms with Gasteiger partial charge in [0.1, 0.15) is 0 Å². The molecule has 2 aromatic rings. The van der Waals surface area contributed by atoms with Crippen LogP contribution in [-0.2, 0) is 4.74 Å². The summed E-state index contributed by atoms with van der Waals surface area (Å²) in [6.07, 6.45) is 1.34. The molecule has 3 rings (SSSR count). The van der Waals surface area contributed by atoms with E-state index in [0.717, 1.165) is 13.0 Å². The van der Waals surface area contributed by atoms with E-state index in [2.05, 4.69) is 60.7 Å². The van der Waals surface area contributed by atoms with Crippen LogP contribution in [0.4, 0.5) is 0 Å². The lowest BCUT2D eigenvalue weighted by atomic mass is 9.89. The van der Waals surface area contributed by atoms with E-state index >= 15 is 0 Å². The molecule has 0 spiro atoms. The van der Waals surface area contributed by atoms with Gasteiger partial charge in [-0.15, -0.1) is 0 Å². The summed E-state index contributed by atoms with van der Waals surface area (Å²) < 4.78 is 5.91. The second-order valence-electron chi connectivity index (χ2n) is 4.51. The van der Waals surface area contributed by atoms with Crippen LogP contribution in [-0.4, -0.2) is 6.61 Å². The normalized spacial score (nSPS) is 23.8. The maximum absolute atomic E-state index is 5.91. The van der Waals surface area contributed by atoms with E-state index in [1.807, 2.05) is 0 Å². The molecule has 0 aromatic heterocycles. The van der Waals surface area contributed by atoms with Crippen LogP contribution in [0.3, 0.4) is 0 Å². The number of rotatable bonds is 2. The average molecular weight is 224 g/mol. The molecular weight excluding hydrogens is 208 g/mol. The molecule has 0 unspecified atom stereocenters. The third-order valence-corrected chi connectivity index (χ3v) is 3.45. The van der Waals surface area contributed by atoms with E-state index in [4.69, 9.17) is 4.74 Å². The Morgan fingerprint density at radius 2 is 1.35 bits per heavy atom. The van der Waals surface area contributed by atoms with Crippen LogP contribution in [0.15, 0.2) is 60.7 Å². The van der Waals surface area contributed by atoms with E-state index in [1.165, 1.54) is 11.1 Å². The SMILES string of the molecule is c1ccc([C@H]2CCO[C@H]2c2ccccc2)cc1. The molecule has 0 N–H and O–H groups in total. The zero-order valence-electron chi connectivity index (χ0n) is 9.75. The lowest BCUT2D eigenvalue weighted by Gasteiger charge is -2.19. The number of hydrogen-bond donors (Lipinski definition) is 0. The third-order valence-electron chi connectivity index (χ3n) is 3.45. The van der Waals surface area contributed by atoms with Gasteiger partial charge in [0, 0.05) is 12.5 Å². The van der Waals surface area contributed by atoms with Crippen LogP contribution in [0.1, 0.15) is 29.6 Å². The summed E-state index contributed by atoms with van der Waals surface area (Å²) in [5.74, 6) is 0.499. The predicted octanol–water partition coefficient (Wildman–Crippen LogP) is 3.93. The van der Waals surface area contributed by atoms with Crippen molar-refractivity contribution in [3.63, 3.8) is 0 Å². The van der Waals surface area contributed by atoms with Crippen LogP contribution in [0.2, 0.25) is 0 Å². The van der Waals surface area contributed by atoms with Crippen LogP contribution < -0.4 is 0 Å². The minimum absolute atomic E-state index is 0.221. The minimum atomic E-state index is 0.221. The third kappa shape index (κ3) is 2.11. The summed E-state index contributed by atoms with van der Waals surface area (Å²) in [4.78, 5) is 0. The molecule has 17 heavy (non-hydrogen) atoms. The average Bonchev–Trinajstić information content (AvgIpc) is 2.90. The molecule has 1 nitrogen and oxygen atoms in total. The number of benzene rings is 2. The van der Waals surface area contributed by atoms with Gasteiger partial charge in [0.05, 0.1) is 6.10 Å². The highest BCUT2D eigenvalue weighted by atomic mass is 16.5. The van der Waals surface area contributed by atoms with Crippen LogP contribution in [0, 0.1) is 0 Å². The molecule has 1 fully saturated rings. The molecule has 0 amide bonds. The molecule has 1 aliphatic rings. The summed E-state index contributed by atoms with van der Waals surface area (Å²) in [7, 11) is 0. The second kappa shape index (κ2) is 4.72. The Bertz CT molecular complexity index is 418. The van der Waals surface area contributed by atoms with Crippen LogP contribution >= 0.6 is 0 Å². The van der Waals surface area contributed by atoms with Crippen molar-refractivity contribution in [2.24, 2.45) is 0 Å². The summed E-state index contributed by atoms with van der Waals surface area (Å²) in [6.45, 7) is 0.860. The molecule has 0 saturated carbocycles. The van der Waals surface area contributed by atoms with Crippen molar-refractivity contribution < 1.29 is 4.74 Å². The van der Waals surface area contributed by atoms with Crippen molar-refractivity contribution >= 4 is 0 Å². The van der Waals surface area contributed by atoms with E-state index in [1.54, 1.807) is 0 Å². The molecule has 0 bridgehead atoms. The fourth-order valence-corrected chi connectivity index (χ4v) is 2.60. The van der Waals surface area contributed by atoms with Gasteiger partial charge >= 0.3 is 0 Å². The van der Waals surface area contributed by atoms with Gasteiger partial charge in [0.25, 0.3) is 0 Å². The van der Waals surface area contributed by atoms with Gasteiger partial charge in [0.2, 0.25) is 0 Å². The molecule has 86 valence electrons. The Kier molecular flexibility index (Phi) is 2.93. The van der Waals surface area contributed by atoms with Gasteiger partial charge < -0.3 is 4.74 Å². The zero-order chi connectivity index (χ0) is 11.5. The molecule has 1 heterocycles. The first kappa shape index (κ1) is 10.5. The molecule has 2 atom stereocenters. The number of ether oxygens (including phenoxy) is 1. The monoisotopic (exact) mass is 224 g/mol. The Morgan fingerprint density at radius 3 is 2.00 bits per heavy atom. The van der Waals surface area contributed by atoms with Crippen molar-refractivity contribution in [3.8, 4) is 0 Å². The fourth-order valence-electron chi connectivity index (χ4n) is 2.60. The highest BCUT2D eigenvalue weighted by Gasteiger charge is 2.30. The Labute approximate surface area is 102 Å². The smallest absolute Gasteiger partial charge is 0.0894 e.